The molecular weight excluding hydrogens is 290 g/mol. The minimum absolute atomic E-state index is 0.140. The van der Waals surface area contributed by atoms with E-state index in [9.17, 15) is 9.59 Å². The number of benzene rings is 2. The lowest BCUT2D eigenvalue weighted by atomic mass is 10.1. The van der Waals surface area contributed by atoms with E-state index in [1.54, 1.807) is 23.1 Å². The van der Waals surface area contributed by atoms with Crippen molar-refractivity contribution in [1.82, 2.24) is 0 Å². The summed E-state index contributed by atoms with van der Waals surface area (Å²) < 4.78 is 5.62. The van der Waals surface area contributed by atoms with Crippen molar-refractivity contribution in [1.29, 1.82) is 0 Å². The van der Waals surface area contributed by atoms with E-state index >= 15 is 0 Å². The third-order valence-corrected chi connectivity index (χ3v) is 4.16. The highest BCUT2D eigenvalue weighted by Gasteiger charge is 2.22. The number of fused-ring (bicyclic) bond motifs is 1. The van der Waals surface area contributed by atoms with Gasteiger partial charge in [-0.25, -0.2) is 0 Å². The molecule has 1 aliphatic heterocycles. The van der Waals surface area contributed by atoms with Crippen LogP contribution in [0.3, 0.4) is 0 Å². The van der Waals surface area contributed by atoms with Gasteiger partial charge in [-0.2, -0.15) is 0 Å². The Bertz CT molecular complexity index is 859. The number of carbonyl (C=O) groups is 2. The molecule has 23 heavy (non-hydrogen) atoms. The van der Waals surface area contributed by atoms with E-state index < -0.39 is 0 Å². The third kappa shape index (κ3) is 2.42. The van der Waals surface area contributed by atoms with Crippen molar-refractivity contribution in [2.75, 3.05) is 11.4 Å². The molecule has 0 unspecified atom stereocenters. The Hall–Kier alpha value is -2.88. The van der Waals surface area contributed by atoms with Crippen molar-refractivity contribution in [2.45, 2.75) is 12.8 Å². The number of hydrogen-bond acceptors (Lipinski definition) is 3. The van der Waals surface area contributed by atoms with Gasteiger partial charge in [-0.05, 0) is 42.8 Å². The third-order valence-electron chi connectivity index (χ3n) is 4.16. The maximum absolute atomic E-state index is 12.5. The van der Waals surface area contributed by atoms with Crippen molar-refractivity contribution in [3.8, 4) is 0 Å². The number of rotatable bonds is 3. The number of carbonyl (C=O) groups excluding carboxylic acids is 2. The quantitative estimate of drug-likeness (QED) is 0.692. The number of ketones is 1. The molecule has 0 radical (unpaired) electrons. The molecule has 1 aromatic heterocycles. The van der Waals surface area contributed by atoms with E-state index in [0.29, 0.717) is 23.3 Å². The number of furan rings is 1. The van der Waals surface area contributed by atoms with Crippen molar-refractivity contribution < 1.29 is 14.0 Å². The Morgan fingerprint density at radius 3 is 2.52 bits per heavy atom. The Labute approximate surface area is 133 Å². The zero-order chi connectivity index (χ0) is 15.8. The standard InChI is InChI=1S/C19H15NO3/c21-18-6-3-11-20(18)15-9-7-13(8-10-15)19(22)17-12-14-4-1-2-5-16(14)23-17/h1-2,4-5,7-10,12H,3,6,11H2. The first-order chi connectivity index (χ1) is 11.2. The molecule has 1 amide bonds. The Morgan fingerprint density at radius 2 is 1.83 bits per heavy atom. The molecule has 4 nitrogen and oxygen atoms in total. The zero-order valence-corrected chi connectivity index (χ0v) is 12.5. The molecule has 1 saturated heterocycles. The second-order valence-electron chi connectivity index (χ2n) is 5.67. The van der Waals surface area contributed by atoms with Crippen LogP contribution in [0.2, 0.25) is 0 Å². The van der Waals surface area contributed by atoms with Crippen LogP contribution < -0.4 is 4.90 Å². The maximum atomic E-state index is 12.5. The average molecular weight is 305 g/mol. The van der Waals surface area contributed by atoms with Gasteiger partial charge in [0.15, 0.2) is 5.76 Å². The van der Waals surface area contributed by atoms with Crippen molar-refractivity contribution in [3.05, 3.63) is 65.9 Å². The Morgan fingerprint density at radius 1 is 1.04 bits per heavy atom. The molecular formula is C19H15NO3. The smallest absolute Gasteiger partial charge is 0.228 e. The minimum Gasteiger partial charge on any atom is -0.453 e. The summed E-state index contributed by atoms with van der Waals surface area (Å²) in [5, 5.41) is 0.912. The predicted octanol–water partition coefficient (Wildman–Crippen LogP) is 3.79. The minimum atomic E-state index is -0.152. The summed E-state index contributed by atoms with van der Waals surface area (Å²) in [5.41, 5.74) is 2.10. The fraction of sp³-hybridized carbons (Fsp3) is 0.158. The molecule has 2 heterocycles. The van der Waals surface area contributed by atoms with Crippen LogP contribution >= 0.6 is 0 Å². The van der Waals surface area contributed by atoms with Crippen molar-refractivity contribution >= 4 is 28.3 Å². The number of para-hydroxylation sites is 1. The molecule has 4 heteroatoms. The van der Waals surface area contributed by atoms with Crippen LogP contribution in [0, 0.1) is 0 Å². The SMILES string of the molecule is O=C(c1ccc(N2CCCC2=O)cc1)c1cc2ccccc2o1. The van der Waals surface area contributed by atoms with E-state index in [2.05, 4.69) is 0 Å². The van der Waals surface area contributed by atoms with Gasteiger partial charge in [0, 0.05) is 29.6 Å². The predicted molar refractivity (Wildman–Crippen MR) is 87.7 cm³/mol. The van der Waals surface area contributed by atoms with Crippen LogP contribution in [0.1, 0.15) is 29.0 Å². The Kier molecular flexibility index (Phi) is 3.23. The molecule has 1 fully saturated rings. The molecule has 0 bridgehead atoms. The van der Waals surface area contributed by atoms with Gasteiger partial charge in [0.2, 0.25) is 11.7 Å². The van der Waals surface area contributed by atoms with Crippen LogP contribution in [-0.2, 0) is 4.79 Å². The number of hydrogen-bond donors (Lipinski definition) is 0. The van der Waals surface area contributed by atoms with Gasteiger partial charge in [-0.15, -0.1) is 0 Å². The van der Waals surface area contributed by atoms with Crippen LogP contribution in [0.4, 0.5) is 5.69 Å². The molecule has 0 N–H and O–H groups in total. The second kappa shape index (κ2) is 5.39. The van der Waals surface area contributed by atoms with E-state index in [1.165, 1.54) is 0 Å². The Balaban J connectivity index is 1.62. The summed E-state index contributed by atoms with van der Waals surface area (Å²) in [6.45, 7) is 0.746. The van der Waals surface area contributed by atoms with Crippen LogP contribution in [-0.4, -0.2) is 18.2 Å². The summed E-state index contributed by atoms with van der Waals surface area (Å²) in [6.07, 6.45) is 1.48. The number of nitrogens with zero attached hydrogens (tertiary/aromatic N) is 1. The molecule has 0 saturated carbocycles. The van der Waals surface area contributed by atoms with E-state index in [4.69, 9.17) is 4.42 Å². The largest absolute Gasteiger partial charge is 0.453 e. The van der Waals surface area contributed by atoms with Gasteiger partial charge in [-0.3, -0.25) is 9.59 Å². The van der Waals surface area contributed by atoms with E-state index in [-0.39, 0.29) is 11.7 Å². The van der Waals surface area contributed by atoms with E-state index in [0.717, 1.165) is 24.0 Å². The molecule has 0 atom stereocenters. The molecule has 3 aromatic rings. The zero-order valence-electron chi connectivity index (χ0n) is 12.5. The molecule has 0 aliphatic carbocycles. The normalized spacial score (nSPS) is 14.6. The van der Waals surface area contributed by atoms with Gasteiger partial charge < -0.3 is 9.32 Å². The molecule has 0 spiro atoms. The first kappa shape index (κ1) is 13.8. The van der Waals surface area contributed by atoms with Crippen LogP contribution in [0.15, 0.2) is 59.0 Å². The lowest BCUT2D eigenvalue weighted by Gasteiger charge is -2.15. The summed E-state index contributed by atoms with van der Waals surface area (Å²) in [4.78, 5) is 26.1. The van der Waals surface area contributed by atoms with Gasteiger partial charge in [0.25, 0.3) is 0 Å². The van der Waals surface area contributed by atoms with Gasteiger partial charge in [0.1, 0.15) is 5.58 Å². The molecule has 2 aromatic carbocycles. The average Bonchev–Trinajstić information content (AvgIpc) is 3.20. The van der Waals surface area contributed by atoms with Crippen molar-refractivity contribution in [2.24, 2.45) is 0 Å². The van der Waals surface area contributed by atoms with Crippen molar-refractivity contribution in [3.63, 3.8) is 0 Å². The molecule has 4 rings (SSSR count). The number of amides is 1. The summed E-state index contributed by atoms with van der Waals surface area (Å²) in [5.74, 6) is 0.318. The summed E-state index contributed by atoms with van der Waals surface area (Å²) in [7, 11) is 0. The highest BCUT2D eigenvalue weighted by Crippen LogP contribution is 2.24. The second-order valence-corrected chi connectivity index (χ2v) is 5.67. The highest BCUT2D eigenvalue weighted by molar-refractivity contribution is 6.09. The molecule has 114 valence electrons. The lowest BCUT2D eigenvalue weighted by molar-refractivity contribution is -0.117. The highest BCUT2D eigenvalue weighted by atomic mass is 16.3. The van der Waals surface area contributed by atoms with Gasteiger partial charge in [0.05, 0.1) is 0 Å². The molecule has 1 aliphatic rings. The monoisotopic (exact) mass is 305 g/mol. The van der Waals surface area contributed by atoms with Crippen LogP contribution in [0.25, 0.3) is 11.0 Å². The summed E-state index contributed by atoms with van der Waals surface area (Å²) >= 11 is 0. The van der Waals surface area contributed by atoms with Gasteiger partial charge >= 0.3 is 0 Å². The van der Waals surface area contributed by atoms with E-state index in [1.807, 2.05) is 36.4 Å². The lowest BCUT2D eigenvalue weighted by Crippen LogP contribution is -2.23. The van der Waals surface area contributed by atoms with Crippen LogP contribution in [0.5, 0.6) is 0 Å². The fourth-order valence-electron chi connectivity index (χ4n) is 2.95. The van der Waals surface area contributed by atoms with Gasteiger partial charge in [-0.1, -0.05) is 18.2 Å². The number of anilines is 1. The summed E-state index contributed by atoms with van der Waals surface area (Å²) in [6, 6.07) is 16.4. The first-order valence-electron chi connectivity index (χ1n) is 7.66. The topological polar surface area (TPSA) is 50.5 Å². The first-order valence-corrected chi connectivity index (χ1v) is 7.66. The fourth-order valence-corrected chi connectivity index (χ4v) is 2.95. The maximum Gasteiger partial charge on any atom is 0.228 e.